The average molecular weight is 470 g/mol. The molecule has 1 N–H and O–H groups in total. The first kappa shape index (κ1) is 24.2. The molecule has 0 aliphatic carbocycles. The van der Waals surface area contributed by atoms with Crippen molar-refractivity contribution in [3.63, 3.8) is 0 Å². The summed E-state index contributed by atoms with van der Waals surface area (Å²) in [5.41, 5.74) is 0.405. The summed E-state index contributed by atoms with van der Waals surface area (Å²) in [6.07, 6.45) is 0. The van der Waals surface area contributed by atoms with Gasteiger partial charge in [-0.1, -0.05) is 23.2 Å². The molecule has 0 aromatic heterocycles. The number of carbonyl (C=O) groups excluding carboxylic acids is 2. The van der Waals surface area contributed by atoms with Crippen LogP contribution in [0.3, 0.4) is 0 Å². The topological polar surface area (TPSA) is 108 Å². The second kappa shape index (κ2) is 10.8. The first-order valence-electron chi connectivity index (χ1n) is 8.81. The lowest BCUT2D eigenvalue weighted by Gasteiger charge is -2.15. The molecular formula is C20H21Cl2N3O6. The number of nitrogens with zero attached hydrogens (tertiary/aromatic N) is 2. The number of rotatable bonds is 9. The molecule has 11 heteroatoms. The molecule has 0 bridgehead atoms. The highest BCUT2D eigenvalue weighted by Gasteiger charge is 2.26. The van der Waals surface area contributed by atoms with Crippen molar-refractivity contribution >= 4 is 46.3 Å². The van der Waals surface area contributed by atoms with E-state index in [9.17, 15) is 9.59 Å². The van der Waals surface area contributed by atoms with Crippen molar-refractivity contribution in [2.45, 2.75) is 13.0 Å². The van der Waals surface area contributed by atoms with E-state index in [0.29, 0.717) is 17.2 Å². The van der Waals surface area contributed by atoms with Gasteiger partial charge in [-0.05, 0) is 25.1 Å². The molecular weight excluding hydrogens is 449 g/mol. The molecule has 1 amide bonds. The number of anilines is 1. The summed E-state index contributed by atoms with van der Waals surface area (Å²) in [6, 6.07) is 4.67. The van der Waals surface area contributed by atoms with E-state index in [-0.39, 0.29) is 27.2 Å². The Morgan fingerprint density at radius 2 is 1.55 bits per heavy atom. The molecule has 0 saturated carbocycles. The second-order valence-electron chi connectivity index (χ2n) is 6.04. The zero-order valence-electron chi connectivity index (χ0n) is 17.5. The molecule has 0 saturated heterocycles. The maximum Gasteiger partial charge on any atom is 0.258 e. The molecule has 0 radical (unpaired) electrons. The predicted molar refractivity (Wildman–Crippen MR) is 117 cm³/mol. The fourth-order valence-electron chi connectivity index (χ4n) is 2.58. The van der Waals surface area contributed by atoms with Crippen molar-refractivity contribution in [1.82, 2.24) is 0 Å². The number of halogens is 2. The minimum atomic E-state index is -1.45. The third-order valence-corrected chi connectivity index (χ3v) is 4.75. The zero-order valence-corrected chi connectivity index (χ0v) is 19.0. The van der Waals surface area contributed by atoms with Crippen LogP contribution in [0.2, 0.25) is 10.0 Å². The fourth-order valence-corrected chi connectivity index (χ4v) is 3.14. The lowest BCUT2D eigenvalue weighted by molar-refractivity contribution is -0.126. The Hall–Kier alpha value is -3.04. The Balaban J connectivity index is 2.35. The van der Waals surface area contributed by atoms with Gasteiger partial charge >= 0.3 is 0 Å². The molecule has 0 spiro atoms. The number of ether oxygens (including phenoxy) is 4. The normalized spacial score (nSPS) is 11.7. The van der Waals surface area contributed by atoms with E-state index in [1.807, 2.05) is 0 Å². The van der Waals surface area contributed by atoms with Gasteiger partial charge < -0.3 is 24.3 Å². The molecule has 31 heavy (non-hydrogen) atoms. The number of hydrogen-bond donors (Lipinski definition) is 1. The van der Waals surface area contributed by atoms with Gasteiger partial charge in [-0.15, -0.1) is 0 Å². The third kappa shape index (κ3) is 5.56. The number of benzene rings is 2. The molecule has 1 unspecified atom stereocenters. The van der Waals surface area contributed by atoms with Crippen LogP contribution in [-0.2, 0) is 9.59 Å². The number of ketones is 1. The van der Waals surface area contributed by atoms with Crippen molar-refractivity contribution in [3.8, 4) is 23.0 Å². The van der Waals surface area contributed by atoms with E-state index in [1.165, 1.54) is 47.5 Å². The van der Waals surface area contributed by atoms with Gasteiger partial charge in [0.2, 0.25) is 6.04 Å². The highest BCUT2D eigenvalue weighted by atomic mass is 35.5. The van der Waals surface area contributed by atoms with Crippen LogP contribution in [0.1, 0.15) is 6.92 Å². The Morgan fingerprint density at radius 1 is 0.935 bits per heavy atom. The molecule has 1 atom stereocenters. The minimum absolute atomic E-state index is 0.112. The molecule has 0 aliphatic heterocycles. The number of azo groups is 1. The molecule has 9 nitrogen and oxygen atoms in total. The maximum absolute atomic E-state index is 12.8. The Bertz CT molecular complexity index is 1010. The largest absolute Gasteiger partial charge is 0.495 e. The molecule has 166 valence electrons. The molecule has 0 aliphatic rings. The highest BCUT2D eigenvalue weighted by Crippen LogP contribution is 2.40. The van der Waals surface area contributed by atoms with E-state index in [0.717, 1.165) is 0 Å². The number of hydrogen-bond acceptors (Lipinski definition) is 8. The van der Waals surface area contributed by atoms with E-state index in [1.54, 1.807) is 12.1 Å². The quantitative estimate of drug-likeness (QED) is 0.420. The van der Waals surface area contributed by atoms with Crippen molar-refractivity contribution in [1.29, 1.82) is 0 Å². The monoisotopic (exact) mass is 469 g/mol. The van der Waals surface area contributed by atoms with Gasteiger partial charge in [0.1, 0.15) is 22.2 Å². The summed E-state index contributed by atoms with van der Waals surface area (Å²) >= 11 is 12.4. The summed E-state index contributed by atoms with van der Waals surface area (Å²) in [7, 11) is 5.72. The summed E-state index contributed by atoms with van der Waals surface area (Å²) < 4.78 is 20.7. The summed E-state index contributed by atoms with van der Waals surface area (Å²) in [4.78, 5) is 24.8. The first-order chi connectivity index (χ1) is 14.8. The van der Waals surface area contributed by atoms with Crippen LogP contribution in [0.15, 0.2) is 34.5 Å². The van der Waals surface area contributed by atoms with Gasteiger partial charge in [0.25, 0.3) is 5.91 Å². The maximum atomic E-state index is 12.8. The fraction of sp³-hybridized carbons (Fsp3) is 0.300. The number of amides is 1. The van der Waals surface area contributed by atoms with Gasteiger partial charge in [-0.3, -0.25) is 9.59 Å². The van der Waals surface area contributed by atoms with Gasteiger partial charge in [-0.25, -0.2) is 0 Å². The minimum Gasteiger partial charge on any atom is -0.495 e. The van der Waals surface area contributed by atoms with Crippen molar-refractivity contribution in [2.24, 2.45) is 10.2 Å². The van der Waals surface area contributed by atoms with Crippen LogP contribution in [-0.4, -0.2) is 46.2 Å². The zero-order chi connectivity index (χ0) is 23.1. The average Bonchev–Trinajstić information content (AvgIpc) is 2.74. The molecule has 2 aromatic rings. The van der Waals surface area contributed by atoms with E-state index < -0.39 is 17.7 Å². The Kier molecular flexibility index (Phi) is 8.47. The number of nitrogens with one attached hydrogen (secondary N) is 1. The standard InChI is InChI=1S/C20H21Cl2N3O6/c1-10(26)17(25-24-11-8-12(21)19(31-5)15(9-11)30-4)20(27)23-18-14(29-3)7-6-13(28-2)16(18)22/h6-9,17H,1-5H3,(H,23,27). The number of carbonyl (C=O) groups is 2. The van der Waals surface area contributed by atoms with Crippen molar-refractivity contribution in [3.05, 3.63) is 34.3 Å². The van der Waals surface area contributed by atoms with E-state index in [4.69, 9.17) is 42.1 Å². The van der Waals surface area contributed by atoms with Crippen LogP contribution < -0.4 is 24.3 Å². The molecule has 0 fully saturated rings. The van der Waals surface area contributed by atoms with Crippen LogP contribution in [0.5, 0.6) is 23.0 Å². The Labute approximate surface area is 189 Å². The van der Waals surface area contributed by atoms with Crippen LogP contribution in [0.25, 0.3) is 0 Å². The highest BCUT2D eigenvalue weighted by molar-refractivity contribution is 6.36. The smallest absolute Gasteiger partial charge is 0.258 e. The van der Waals surface area contributed by atoms with Crippen LogP contribution in [0.4, 0.5) is 11.4 Å². The lowest BCUT2D eigenvalue weighted by atomic mass is 10.2. The van der Waals surface area contributed by atoms with Crippen LogP contribution in [0, 0.1) is 0 Å². The third-order valence-electron chi connectivity index (χ3n) is 4.10. The first-order valence-corrected chi connectivity index (χ1v) is 9.57. The van der Waals surface area contributed by atoms with Gasteiger partial charge in [0.05, 0.1) is 39.1 Å². The summed E-state index contributed by atoms with van der Waals surface area (Å²) in [5, 5.41) is 10.7. The summed E-state index contributed by atoms with van der Waals surface area (Å²) in [6.45, 7) is 1.22. The van der Waals surface area contributed by atoms with Crippen molar-refractivity contribution < 1.29 is 28.5 Å². The van der Waals surface area contributed by atoms with E-state index in [2.05, 4.69) is 15.5 Å². The van der Waals surface area contributed by atoms with Gasteiger partial charge in [0, 0.05) is 6.07 Å². The molecule has 2 aromatic carbocycles. The number of methoxy groups -OCH3 is 4. The van der Waals surface area contributed by atoms with Gasteiger partial charge in [-0.2, -0.15) is 10.2 Å². The predicted octanol–water partition coefficient (Wildman–Crippen LogP) is 4.71. The van der Waals surface area contributed by atoms with Gasteiger partial charge in [0.15, 0.2) is 17.3 Å². The lowest BCUT2D eigenvalue weighted by Crippen LogP contribution is -2.32. The second-order valence-corrected chi connectivity index (χ2v) is 6.83. The number of Topliss-reactive ketones (excluding diaryl/α,β-unsaturated/α-hetero) is 1. The molecule has 2 rings (SSSR count). The Morgan fingerprint density at radius 3 is 2.10 bits per heavy atom. The molecule has 0 heterocycles. The summed E-state index contributed by atoms with van der Waals surface area (Å²) in [5.74, 6) is -0.0460. The SMILES string of the molecule is COc1ccc(OC)c(NC(=O)C(N=Nc2cc(Cl)c(OC)c(OC)c2)C(C)=O)c1Cl. The van der Waals surface area contributed by atoms with Crippen molar-refractivity contribution in [2.75, 3.05) is 33.8 Å². The van der Waals surface area contributed by atoms with E-state index >= 15 is 0 Å². The van der Waals surface area contributed by atoms with Crippen LogP contribution >= 0.6 is 23.2 Å².